The number of rotatable bonds is 2. The average Bonchev–Trinajstić information content (AvgIpc) is 2.83. The van der Waals surface area contributed by atoms with Crippen LogP contribution in [0.4, 0.5) is 4.79 Å². The second-order valence-corrected chi connectivity index (χ2v) is 7.34. The summed E-state index contributed by atoms with van der Waals surface area (Å²) < 4.78 is 0. The van der Waals surface area contributed by atoms with E-state index in [0.29, 0.717) is 0 Å². The topological polar surface area (TPSA) is 62.2 Å². The minimum atomic E-state index is -0.978. The lowest BCUT2D eigenvalue weighted by Gasteiger charge is -2.27. The van der Waals surface area contributed by atoms with Crippen LogP contribution in [-0.2, 0) is 6.42 Å². The average molecular weight is 332 g/mol. The van der Waals surface area contributed by atoms with Gasteiger partial charge in [0.15, 0.2) is 0 Å². The summed E-state index contributed by atoms with van der Waals surface area (Å²) in [7, 11) is 0. The maximum atomic E-state index is 11.2. The number of amides is 1. The van der Waals surface area contributed by atoms with Crippen LogP contribution in [0.2, 0.25) is 0 Å². The molecule has 0 spiro atoms. The van der Waals surface area contributed by atoms with Crippen molar-refractivity contribution < 1.29 is 9.90 Å². The second-order valence-electron chi connectivity index (χ2n) is 7.34. The van der Waals surface area contributed by atoms with Gasteiger partial charge in [-0.05, 0) is 34.6 Å². The van der Waals surface area contributed by atoms with Crippen LogP contribution in [0.5, 0.6) is 0 Å². The standard InChI is InChI=1S/C21H20N2O2/c1-21(2)12-15-11-14(8-9-17(15)19(21)23-20(24)25)16-7-3-5-13-6-4-10-22-18(13)16/h3-11,19,23H,12H2,1-2H3,(H,24,25). The van der Waals surface area contributed by atoms with Crippen LogP contribution < -0.4 is 5.32 Å². The Kier molecular flexibility index (Phi) is 3.49. The molecule has 4 nitrogen and oxygen atoms in total. The summed E-state index contributed by atoms with van der Waals surface area (Å²) in [5, 5.41) is 13.0. The highest BCUT2D eigenvalue weighted by Crippen LogP contribution is 2.46. The molecule has 0 bridgehead atoms. The van der Waals surface area contributed by atoms with Crippen LogP contribution in [0.3, 0.4) is 0 Å². The van der Waals surface area contributed by atoms with E-state index in [2.05, 4.69) is 60.5 Å². The first-order valence-corrected chi connectivity index (χ1v) is 8.42. The van der Waals surface area contributed by atoms with Crippen molar-refractivity contribution in [1.29, 1.82) is 0 Å². The molecular formula is C21H20N2O2. The second kappa shape index (κ2) is 5.59. The van der Waals surface area contributed by atoms with Gasteiger partial charge >= 0.3 is 6.09 Å². The molecule has 1 amide bonds. The molecular weight excluding hydrogens is 312 g/mol. The molecule has 1 atom stereocenters. The molecule has 0 fully saturated rings. The summed E-state index contributed by atoms with van der Waals surface area (Å²) in [5.74, 6) is 0. The Bertz CT molecular complexity index is 973. The number of pyridine rings is 1. The van der Waals surface area contributed by atoms with Crippen LogP contribution in [0.15, 0.2) is 54.7 Å². The Hall–Kier alpha value is -2.88. The van der Waals surface area contributed by atoms with Crippen molar-refractivity contribution in [2.75, 3.05) is 0 Å². The number of carboxylic acid groups (broad SMARTS) is 1. The molecule has 1 aromatic heterocycles. The summed E-state index contributed by atoms with van der Waals surface area (Å²) in [6, 6.07) is 16.3. The van der Waals surface area contributed by atoms with Crippen molar-refractivity contribution in [3.05, 3.63) is 65.9 Å². The molecule has 126 valence electrons. The number of benzene rings is 2. The molecule has 0 saturated carbocycles. The SMILES string of the molecule is CC1(C)Cc2cc(-c3cccc4cccnc34)ccc2C1NC(=O)O. The van der Waals surface area contributed by atoms with Crippen LogP contribution in [0, 0.1) is 5.41 Å². The van der Waals surface area contributed by atoms with Gasteiger partial charge in [-0.15, -0.1) is 0 Å². The highest BCUT2D eigenvalue weighted by atomic mass is 16.4. The molecule has 4 heteroatoms. The first-order chi connectivity index (χ1) is 12.0. The molecule has 0 radical (unpaired) electrons. The Balaban J connectivity index is 1.82. The van der Waals surface area contributed by atoms with Gasteiger partial charge in [0.2, 0.25) is 0 Å². The van der Waals surface area contributed by atoms with Gasteiger partial charge in [-0.25, -0.2) is 4.79 Å². The molecule has 1 heterocycles. The van der Waals surface area contributed by atoms with Crippen molar-refractivity contribution in [1.82, 2.24) is 10.3 Å². The summed E-state index contributed by atoms with van der Waals surface area (Å²) in [5.41, 5.74) is 5.35. The van der Waals surface area contributed by atoms with Gasteiger partial charge in [-0.2, -0.15) is 0 Å². The zero-order chi connectivity index (χ0) is 17.6. The number of fused-ring (bicyclic) bond motifs is 2. The Labute approximate surface area is 146 Å². The lowest BCUT2D eigenvalue weighted by Crippen LogP contribution is -2.34. The van der Waals surface area contributed by atoms with Crippen molar-refractivity contribution in [3.8, 4) is 11.1 Å². The van der Waals surface area contributed by atoms with E-state index in [1.807, 2.05) is 18.3 Å². The minimum absolute atomic E-state index is 0.143. The Morgan fingerprint density at radius 1 is 1.20 bits per heavy atom. The smallest absolute Gasteiger partial charge is 0.405 e. The van der Waals surface area contributed by atoms with Gasteiger partial charge in [-0.1, -0.05) is 56.3 Å². The predicted molar refractivity (Wildman–Crippen MR) is 98.6 cm³/mol. The number of para-hydroxylation sites is 1. The molecule has 0 aliphatic heterocycles. The maximum absolute atomic E-state index is 11.2. The highest BCUT2D eigenvalue weighted by molar-refractivity contribution is 5.93. The molecule has 3 aromatic rings. The van der Waals surface area contributed by atoms with E-state index in [9.17, 15) is 4.79 Å². The monoisotopic (exact) mass is 332 g/mol. The lowest BCUT2D eigenvalue weighted by molar-refractivity contribution is 0.175. The van der Waals surface area contributed by atoms with Gasteiger partial charge in [0.25, 0.3) is 0 Å². The van der Waals surface area contributed by atoms with E-state index in [1.54, 1.807) is 0 Å². The molecule has 1 unspecified atom stereocenters. The summed E-state index contributed by atoms with van der Waals surface area (Å²) in [4.78, 5) is 15.7. The van der Waals surface area contributed by atoms with Crippen LogP contribution in [0.25, 0.3) is 22.0 Å². The molecule has 0 saturated heterocycles. The molecule has 2 aromatic carbocycles. The molecule has 2 N–H and O–H groups in total. The molecule has 1 aliphatic rings. The van der Waals surface area contributed by atoms with Gasteiger partial charge in [0.05, 0.1) is 11.6 Å². The molecule has 4 rings (SSSR count). The fourth-order valence-corrected chi connectivity index (χ4v) is 3.96. The third-order valence-corrected chi connectivity index (χ3v) is 5.09. The predicted octanol–water partition coefficient (Wildman–Crippen LogP) is 4.79. The van der Waals surface area contributed by atoms with Gasteiger partial charge in [-0.3, -0.25) is 4.98 Å². The van der Waals surface area contributed by atoms with Gasteiger partial charge in [0.1, 0.15) is 0 Å². The number of nitrogens with zero attached hydrogens (tertiary/aromatic N) is 1. The fourth-order valence-electron chi connectivity index (χ4n) is 3.96. The van der Waals surface area contributed by atoms with E-state index in [1.165, 1.54) is 5.56 Å². The van der Waals surface area contributed by atoms with Crippen LogP contribution in [-0.4, -0.2) is 16.2 Å². The summed E-state index contributed by atoms with van der Waals surface area (Å²) in [6.45, 7) is 4.21. The van der Waals surface area contributed by atoms with Gasteiger partial charge < -0.3 is 10.4 Å². The minimum Gasteiger partial charge on any atom is -0.465 e. The normalized spacial score (nSPS) is 18.1. The number of carbonyl (C=O) groups is 1. The van der Waals surface area contributed by atoms with E-state index in [0.717, 1.165) is 34.0 Å². The first-order valence-electron chi connectivity index (χ1n) is 8.42. The third kappa shape index (κ3) is 2.64. The largest absolute Gasteiger partial charge is 0.465 e. The lowest BCUT2D eigenvalue weighted by atomic mass is 9.85. The molecule has 25 heavy (non-hydrogen) atoms. The Morgan fingerprint density at radius 3 is 2.80 bits per heavy atom. The van der Waals surface area contributed by atoms with Gasteiger partial charge in [0, 0.05) is 17.1 Å². The van der Waals surface area contributed by atoms with E-state index >= 15 is 0 Å². The maximum Gasteiger partial charge on any atom is 0.405 e. The van der Waals surface area contributed by atoms with Crippen molar-refractivity contribution in [3.63, 3.8) is 0 Å². The van der Waals surface area contributed by atoms with Crippen molar-refractivity contribution >= 4 is 17.0 Å². The van der Waals surface area contributed by atoms with Crippen LogP contribution >= 0.6 is 0 Å². The number of aromatic nitrogens is 1. The summed E-state index contributed by atoms with van der Waals surface area (Å²) >= 11 is 0. The van der Waals surface area contributed by atoms with Crippen molar-refractivity contribution in [2.24, 2.45) is 5.41 Å². The van der Waals surface area contributed by atoms with E-state index in [4.69, 9.17) is 5.11 Å². The van der Waals surface area contributed by atoms with Crippen molar-refractivity contribution in [2.45, 2.75) is 26.3 Å². The number of hydrogen-bond donors (Lipinski definition) is 2. The number of nitrogens with one attached hydrogen (secondary N) is 1. The third-order valence-electron chi connectivity index (χ3n) is 5.09. The molecule has 1 aliphatic carbocycles. The first kappa shape index (κ1) is 15.6. The fraction of sp³-hybridized carbons (Fsp3) is 0.238. The van der Waals surface area contributed by atoms with E-state index in [-0.39, 0.29) is 11.5 Å². The zero-order valence-corrected chi connectivity index (χ0v) is 14.3. The zero-order valence-electron chi connectivity index (χ0n) is 14.3. The van der Waals surface area contributed by atoms with Crippen LogP contribution in [0.1, 0.15) is 31.0 Å². The Morgan fingerprint density at radius 2 is 2.00 bits per heavy atom. The quantitative estimate of drug-likeness (QED) is 0.709. The summed E-state index contributed by atoms with van der Waals surface area (Å²) in [6.07, 6.45) is 1.68. The highest BCUT2D eigenvalue weighted by Gasteiger charge is 2.40. The number of hydrogen-bond acceptors (Lipinski definition) is 2. The van der Waals surface area contributed by atoms with E-state index < -0.39 is 6.09 Å².